The maximum atomic E-state index is 13.6. The van der Waals surface area contributed by atoms with E-state index in [2.05, 4.69) is 15.3 Å². The number of aryl methyl sites for hydroxylation is 3. The lowest BCUT2D eigenvalue weighted by Gasteiger charge is -2.22. The molecule has 1 aliphatic rings. The van der Waals surface area contributed by atoms with Crippen LogP contribution in [-0.2, 0) is 27.9 Å². The van der Waals surface area contributed by atoms with Gasteiger partial charge in [0.25, 0.3) is 0 Å². The summed E-state index contributed by atoms with van der Waals surface area (Å²) in [7, 11) is -3.85. The summed E-state index contributed by atoms with van der Waals surface area (Å²) in [6.45, 7) is 8.87. The molecule has 0 saturated carbocycles. The van der Waals surface area contributed by atoms with E-state index in [0.717, 1.165) is 37.5 Å². The van der Waals surface area contributed by atoms with Gasteiger partial charge < -0.3 is 9.84 Å². The standard InChI is InChI=1S/C27H31N5O5S2/c1-5-19-15-31(39(35,36)24-8-7-11-28-27(24)37-19)14-18-12-23(38-17(18)4)21(13-25(33)34)20-9-10-22-26(16(20)3)29-30-32(22)6-2/h7-12,19,21H,5-6,13-15H2,1-4H3,(H,33,34)/t19-,21+/m1/s1. The van der Waals surface area contributed by atoms with Gasteiger partial charge >= 0.3 is 5.97 Å². The molecular weight excluding hydrogens is 538 g/mol. The van der Waals surface area contributed by atoms with E-state index in [1.807, 2.05) is 50.6 Å². The molecule has 0 bridgehead atoms. The molecule has 4 heterocycles. The number of carboxylic acids is 1. The maximum Gasteiger partial charge on any atom is 0.304 e. The minimum atomic E-state index is -3.85. The van der Waals surface area contributed by atoms with Gasteiger partial charge in [0.2, 0.25) is 15.9 Å². The van der Waals surface area contributed by atoms with E-state index in [4.69, 9.17) is 4.74 Å². The van der Waals surface area contributed by atoms with Crippen LogP contribution in [0.4, 0.5) is 0 Å². The van der Waals surface area contributed by atoms with Crippen LogP contribution in [0.25, 0.3) is 11.0 Å². The Hall–Kier alpha value is -3.35. The SMILES string of the molecule is CC[C@@H]1CN(Cc2cc([C@@H](CC(=O)O)c3ccc4c(nnn4CC)c3C)sc2C)S(=O)(=O)c2cccnc2O1. The Morgan fingerprint density at radius 3 is 2.77 bits per heavy atom. The van der Waals surface area contributed by atoms with Crippen molar-refractivity contribution in [2.45, 2.75) is 70.5 Å². The summed E-state index contributed by atoms with van der Waals surface area (Å²) in [5.41, 5.74) is 4.28. The van der Waals surface area contributed by atoms with Gasteiger partial charge in [0.1, 0.15) is 16.5 Å². The molecule has 0 radical (unpaired) electrons. The first-order chi connectivity index (χ1) is 18.6. The van der Waals surface area contributed by atoms with Crippen LogP contribution in [0.2, 0.25) is 0 Å². The normalized spacial score (nSPS) is 17.9. The fraction of sp³-hybridized carbons (Fsp3) is 0.407. The van der Waals surface area contributed by atoms with Gasteiger partial charge in [0, 0.05) is 35.0 Å². The molecule has 12 heteroatoms. The van der Waals surface area contributed by atoms with Gasteiger partial charge in [-0.05, 0) is 68.1 Å². The highest BCUT2D eigenvalue weighted by atomic mass is 32.2. The summed E-state index contributed by atoms with van der Waals surface area (Å²) in [6, 6.07) is 8.96. The van der Waals surface area contributed by atoms with E-state index in [9.17, 15) is 18.3 Å². The fourth-order valence-corrected chi connectivity index (χ4v) is 7.76. The van der Waals surface area contributed by atoms with Crippen molar-refractivity contribution >= 4 is 38.4 Å². The lowest BCUT2D eigenvalue weighted by Crippen LogP contribution is -2.36. The summed E-state index contributed by atoms with van der Waals surface area (Å²) in [4.78, 5) is 18.0. The van der Waals surface area contributed by atoms with Crippen LogP contribution in [0.15, 0.2) is 41.4 Å². The first-order valence-electron chi connectivity index (χ1n) is 12.9. The highest BCUT2D eigenvalue weighted by Crippen LogP contribution is 2.39. The zero-order valence-corrected chi connectivity index (χ0v) is 23.9. The molecule has 1 aromatic carbocycles. The molecule has 1 N–H and O–H groups in total. The number of sulfonamides is 1. The number of hydrogen-bond acceptors (Lipinski definition) is 8. The lowest BCUT2D eigenvalue weighted by atomic mass is 9.89. The molecule has 2 atom stereocenters. The molecule has 0 saturated heterocycles. The number of benzene rings is 1. The molecule has 206 valence electrons. The molecule has 4 aromatic rings. The minimum Gasteiger partial charge on any atom is -0.481 e. The van der Waals surface area contributed by atoms with E-state index in [1.165, 1.54) is 27.9 Å². The monoisotopic (exact) mass is 569 g/mol. The molecule has 0 spiro atoms. The van der Waals surface area contributed by atoms with Crippen LogP contribution in [0, 0.1) is 13.8 Å². The topological polar surface area (TPSA) is 128 Å². The van der Waals surface area contributed by atoms with Crippen molar-refractivity contribution < 1.29 is 23.1 Å². The zero-order valence-electron chi connectivity index (χ0n) is 22.3. The second-order valence-electron chi connectivity index (χ2n) is 9.69. The van der Waals surface area contributed by atoms with Crippen LogP contribution in [-0.4, -0.2) is 56.4 Å². The number of carbonyl (C=O) groups is 1. The number of nitrogens with zero attached hydrogens (tertiary/aromatic N) is 5. The van der Waals surface area contributed by atoms with Crippen LogP contribution in [0.5, 0.6) is 5.88 Å². The van der Waals surface area contributed by atoms with E-state index in [1.54, 1.807) is 6.07 Å². The van der Waals surface area contributed by atoms with Crippen molar-refractivity contribution in [3.05, 3.63) is 63.0 Å². The molecule has 1 aliphatic heterocycles. The number of hydrogen-bond donors (Lipinski definition) is 1. The van der Waals surface area contributed by atoms with Crippen molar-refractivity contribution in [2.24, 2.45) is 0 Å². The van der Waals surface area contributed by atoms with E-state index in [0.29, 0.717) is 13.0 Å². The summed E-state index contributed by atoms with van der Waals surface area (Å²) in [6.07, 6.45) is 1.72. The molecular formula is C27H31N5O5S2. The fourth-order valence-electron chi connectivity index (χ4n) is 5.08. The number of aromatic nitrogens is 4. The molecule has 0 aliphatic carbocycles. The van der Waals surface area contributed by atoms with Crippen LogP contribution in [0.1, 0.15) is 59.1 Å². The Morgan fingerprint density at radius 1 is 1.26 bits per heavy atom. The number of carboxylic acid groups (broad SMARTS) is 1. The summed E-state index contributed by atoms with van der Waals surface area (Å²) in [5.74, 6) is -1.19. The highest BCUT2D eigenvalue weighted by molar-refractivity contribution is 7.89. The molecule has 0 amide bonds. The van der Waals surface area contributed by atoms with Crippen molar-refractivity contribution in [1.29, 1.82) is 0 Å². The number of aliphatic carboxylic acids is 1. The van der Waals surface area contributed by atoms with Crippen molar-refractivity contribution in [3.63, 3.8) is 0 Å². The van der Waals surface area contributed by atoms with Gasteiger partial charge in [0.05, 0.1) is 18.5 Å². The molecule has 0 unspecified atom stereocenters. The average Bonchev–Trinajstić information content (AvgIpc) is 3.47. The lowest BCUT2D eigenvalue weighted by molar-refractivity contribution is -0.137. The predicted molar refractivity (Wildman–Crippen MR) is 148 cm³/mol. The van der Waals surface area contributed by atoms with Crippen LogP contribution >= 0.6 is 11.3 Å². The molecule has 5 rings (SSSR count). The highest BCUT2D eigenvalue weighted by Gasteiger charge is 2.35. The van der Waals surface area contributed by atoms with Gasteiger partial charge in [0.15, 0.2) is 0 Å². The Balaban J connectivity index is 1.53. The second-order valence-corrected chi connectivity index (χ2v) is 12.9. The maximum absolute atomic E-state index is 13.6. The second kappa shape index (κ2) is 10.7. The zero-order chi connectivity index (χ0) is 27.9. The largest absolute Gasteiger partial charge is 0.481 e. The quantitative estimate of drug-likeness (QED) is 0.329. The number of rotatable bonds is 8. The summed E-state index contributed by atoms with van der Waals surface area (Å²) < 4.78 is 36.4. The molecule has 3 aromatic heterocycles. The number of thiophene rings is 1. The summed E-state index contributed by atoms with van der Waals surface area (Å²) >= 11 is 1.50. The van der Waals surface area contributed by atoms with Gasteiger partial charge in [-0.15, -0.1) is 16.4 Å². The number of fused-ring (bicyclic) bond motifs is 2. The third-order valence-electron chi connectivity index (χ3n) is 7.26. The van der Waals surface area contributed by atoms with Crippen LogP contribution < -0.4 is 4.74 Å². The van der Waals surface area contributed by atoms with Gasteiger partial charge in [-0.2, -0.15) is 4.31 Å². The van der Waals surface area contributed by atoms with Crippen molar-refractivity contribution in [2.75, 3.05) is 6.54 Å². The van der Waals surface area contributed by atoms with Crippen molar-refractivity contribution in [3.8, 4) is 5.88 Å². The number of ether oxygens (including phenoxy) is 1. The van der Waals surface area contributed by atoms with Gasteiger partial charge in [-0.25, -0.2) is 18.1 Å². The number of pyridine rings is 1. The average molecular weight is 570 g/mol. The first kappa shape index (κ1) is 27.2. The minimum absolute atomic E-state index is 0.0573. The smallest absolute Gasteiger partial charge is 0.304 e. The molecule has 39 heavy (non-hydrogen) atoms. The Bertz CT molecular complexity index is 1650. The van der Waals surface area contributed by atoms with E-state index < -0.39 is 21.9 Å². The Labute approximate surface area is 231 Å². The van der Waals surface area contributed by atoms with E-state index in [-0.39, 0.29) is 36.4 Å². The Morgan fingerprint density at radius 2 is 2.05 bits per heavy atom. The predicted octanol–water partition coefficient (Wildman–Crippen LogP) is 4.49. The molecule has 10 nitrogen and oxygen atoms in total. The van der Waals surface area contributed by atoms with Gasteiger partial charge in [-0.3, -0.25) is 4.79 Å². The first-order valence-corrected chi connectivity index (χ1v) is 15.1. The third-order valence-corrected chi connectivity index (χ3v) is 10.3. The van der Waals surface area contributed by atoms with Crippen LogP contribution in [0.3, 0.4) is 0 Å². The molecule has 0 fully saturated rings. The van der Waals surface area contributed by atoms with Crippen molar-refractivity contribution in [1.82, 2.24) is 24.3 Å². The van der Waals surface area contributed by atoms with E-state index >= 15 is 0 Å². The Kier molecular flexibility index (Phi) is 7.45. The summed E-state index contributed by atoms with van der Waals surface area (Å²) in [5, 5.41) is 18.4. The van der Waals surface area contributed by atoms with Gasteiger partial charge in [-0.1, -0.05) is 18.2 Å². The third kappa shape index (κ3) is 5.04.